The van der Waals surface area contributed by atoms with Crippen LogP contribution < -0.4 is 0 Å². The minimum absolute atomic E-state index is 0.0976. The average Bonchev–Trinajstić information content (AvgIpc) is 3.02. The molecule has 0 amide bonds. The number of aromatic nitrogens is 2. The van der Waals surface area contributed by atoms with Crippen LogP contribution in [0.3, 0.4) is 0 Å². The predicted octanol–water partition coefficient (Wildman–Crippen LogP) is 5.20. The normalized spacial score (nSPS) is 20.3. The minimum atomic E-state index is -0.294. The number of rotatable bonds is 5. The fourth-order valence-electron chi connectivity index (χ4n) is 4.12. The molecule has 1 heterocycles. The molecule has 3 aromatic rings. The molecule has 4 rings (SSSR count). The maximum atomic E-state index is 10.6. The Kier molecular flexibility index (Phi) is 5.69. The van der Waals surface area contributed by atoms with E-state index >= 15 is 0 Å². The Labute approximate surface area is 161 Å². The first-order valence-corrected chi connectivity index (χ1v) is 10.2. The molecule has 27 heavy (non-hydrogen) atoms. The number of benzene rings is 2. The zero-order chi connectivity index (χ0) is 18.5. The second-order valence-corrected chi connectivity index (χ2v) is 7.61. The van der Waals surface area contributed by atoms with E-state index in [-0.39, 0.29) is 12.1 Å². The van der Waals surface area contributed by atoms with Gasteiger partial charge in [0.1, 0.15) is 0 Å². The van der Waals surface area contributed by atoms with Gasteiger partial charge in [-0.25, -0.2) is 0 Å². The quantitative estimate of drug-likeness (QED) is 0.635. The first kappa shape index (κ1) is 18.0. The second-order valence-electron chi connectivity index (χ2n) is 7.61. The maximum absolute atomic E-state index is 10.6. The van der Waals surface area contributed by atoms with Crippen LogP contribution in [0.4, 0.5) is 0 Å². The van der Waals surface area contributed by atoms with Crippen LogP contribution in [0.1, 0.15) is 49.3 Å². The van der Waals surface area contributed by atoms with Gasteiger partial charge >= 0.3 is 0 Å². The number of nitrogens with zero attached hydrogens (tertiary/aromatic N) is 2. The first-order valence-electron chi connectivity index (χ1n) is 10.2. The second kappa shape index (κ2) is 8.53. The molecule has 1 fully saturated rings. The van der Waals surface area contributed by atoms with Crippen molar-refractivity contribution < 1.29 is 5.11 Å². The van der Waals surface area contributed by atoms with E-state index in [2.05, 4.69) is 65.5 Å². The van der Waals surface area contributed by atoms with E-state index in [0.717, 1.165) is 43.4 Å². The topological polar surface area (TPSA) is 38.0 Å². The zero-order valence-corrected chi connectivity index (χ0v) is 15.8. The molecule has 1 aliphatic rings. The highest BCUT2D eigenvalue weighted by molar-refractivity contribution is 5.62. The summed E-state index contributed by atoms with van der Waals surface area (Å²) in [7, 11) is 0. The van der Waals surface area contributed by atoms with Crippen LogP contribution >= 0.6 is 0 Å². The molecule has 1 aliphatic carbocycles. The number of aryl methyl sites for hydroxylation is 2. The van der Waals surface area contributed by atoms with Gasteiger partial charge in [-0.2, -0.15) is 5.10 Å². The molecule has 2 aromatic carbocycles. The van der Waals surface area contributed by atoms with Crippen molar-refractivity contribution in [2.75, 3.05) is 0 Å². The van der Waals surface area contributed by atoms with Crippen molar-refractivity contribution in [3.63, 3.8) is 0 Å². The largest absolute Gasteiger partial charge is 0.391 e. The van der Waals surface area contributed by atoms with Crippen LogP contribution in [0.5, 0.6) is 0 Å². The summed E-state index contributed by atoms with van der Waals surface area (Å²) in [6.45, 7) is 0. The Morgan fingerprint density at radius 3 is 2.33 bits per heavy atom. The van der Waals surface area contributed by atoms with Gasteiger partial charge in [0.05, 0.1) is 17.8 Å². The molecule has 0 aliphatic heterocycles. The summed E-state index contributed by atoms with van der Waals surface area (Å²) >= 11 is 0. The van der Waals surface area contributed by atoms with Crippen molar-refractivity contribution in [3.8, 4) is 11.3 Å². The Morgan fingerprint density at radius 1 is 0.852 bits per heavy atom. The number of hydrogen-bond acceptors (Lipinski definition) is 2. The molecule has 3 heteroatoms. The molecular weight excluding hydrogens is 332 g/mol. The first-order chi connectivity index (χ1) is 13.3. The average molecular weight is 361 g/mol. The Bertz CT molecular complexity index is 841. The van der Waals surface area contributed by atoms with E-state index in [9.17, 15) is 5.11 Å². The van der Waals surface area contributed by atoms with Gasteiger partial charge in [-0.3, -0.25) is 4.68 Å². The molecule has 0 radical (unpaired) electrons. The third kappa shape index (κ3) is 4.30. The zero-order valence-electron chi connectivity index (χ0n) is 15.8. The molecular formula is C24H28N2O. The van der Waals surface area contributed by atoms with E-state index in [4.69, 9.17) is 5.10 Å². The molecule has 1 aromatic heterocycles. The minimum Gasteiger partial charge on any atom is -0.391 e. The van der Waals surface area contributed by atoms with Crippen molar-refractivity contribution in [1.29, 1.82) is 0 Å². The van der Waals surface area contributed by atoms with Crippen LogP contribution in [0.15, 0.2) is 66.9 Å². The van der Waals surface area contributed by atoms with Gasteiger partial charge in [0.2, 0.25) is 0 Å². The summed E-state index contributed by atoms with van der Waals surface area (Å²) in [5.74, 6) is 0. The molecule has 2 atom stereocenters. The highest BCUT2D eigenvalue weighted by Gasteiger charge is 2.25. The number of hydrogen-bond donors (Lipinski definition) is 1. The molecule has 0 saturated heterocycles. The maximum Gasteiger partial charge on any atom is 0.0955 e. The molecule has 0 bridgehead atoms. The smallest absolute Gasteiger partial charge is 0.0955 e. The van der Waals surface area contributed by atoms with Gasteiger partial charge in [-0.15, -0.1) is 0 Å². The van der Waals surface area contributed by atoms with Gasteiger partial charge in [-0.1, -0.05) is 79.9 Å². The van der Waals surface area contributed by atoms with Crippen LogP contribution in [0, 0.1) is 0 Å². The lowest BCUT2D eigenvalue weighted by atomic mass is 10.0. The highest BCUT2D eigenvalue weighted by Crippen LogP contribution is 2.31. The number of aliphatic hydroxyl groups excluding tert-OH is 1. The molecule has 140 valence electrons. The van der Waals surface area contributed by atoms with Gasteiger partial charge in [-0.05, 0) is 36.8 Å². The third-order valence-corrected chi connectivity index (χ3v) is 5.66. The highest BCUT2D eigenvalue weighted by atomic mass is 16.3. The van der Waals surface area contributed by atoms with Gasteiger partial charge < -0.3 is 5.11 Å². The van der Waals surface area contributed by atoms with Crippen molar-refractivity contribution in [2.24, 2.45) is 0 Å². The summed E-state index contributed by atoms with van der Waals surface area (Å²) in [5.41, 5.74) is 4.82. The standard InChI is InChI=1S/C24H28N2O/c27-23-15-9-3-8-14-22(23)26-18-21(17-16-19-10-4-1-5-11-19)24(25-26)20-12-6-2-7-13-20/h1-2,4-7,10-13,18,22-23,27H,3,8-9,14-17H2/t22-,23+/m1/s1. The van der Waals surface area contributed by atoms with Crippen molar-refractivity contribution in [3.05, 3.63) is 78.0 Å². The lowest BCUT2D eigenvalue weighted by Crippen LogP contribution is -2.23. The fraction of sp³-hybridized carbons (Fsp3) is 0.375. The van der Waals surface area contributed by atoms with Crippen LogP contribution in [-0.2, 0) is 12.8 Å². The lowest BCUT2D eigenvalue weighted by molar-refractivity contribution is 0.0991. The molecule has 0 spiro atoms. The number of aliphatic hydroxyl groups is 1. The third-order valence-electron chi connectivity index (χ3n) is 5.66. The summed E-state index contributed by atoms with van der Waals surface area (Å²) < 4.78 is 2.05. The van der Waals surface area contributed by atoms with Crippen LogP contribution in [0.25, 0.3) is 11.3 Å². The SMILES string of the molecule is O[C@H]1CCCCC[C@H]1n1cc(CCc2ccccc2)c(-c2ccccc2)n1. The van der Waals surface area contributed by atoms with E-state index < -0.39 is 0 Å². The summed E-state index contributed by atoms with van der Waals surface area (Å²) in [6, 6.07) is 21.1. The predicted molar refractivity (Wildman–Crippen MR) is 110 cm³/mol. The Balaban J connectivity index is 1.64. The summed E-state index contributed by atoms with van der Waals surface area (Å²) in [6.07, 6.45) is 9.23. The van der Waals surface area contributed by atoms with Crippen LogP contribution in [-0.4, -0.2) is 21.0 Å². The van der Waals surface area contributed by atoms with Gasteiger partial charge in [0.15, 0.2) is 0 Å². The lowest BCUT2D eigenvalue weighted by Gasteiger charge is -2.20. The van der Waals surface area contributed by atoms with E-state index in [1.54, 1.807) is 0 Å². The Morgan fingerprint density at radius 2 is 1.56 bits per heavy atom. The summed E-state index contributed by atoms with van der Waals surface area (Å²) in [4.78, 5) is 0. The van der Waals surface area contributed by atoms with E-state index in [1.165, 1.54) is 24.0 Å². The van der Waals surface area contributed by atoms with Gasteiger partial charge in [0, 0.05) is 11.8 Å². The van der Waals surface area contributed by atoms with E-state index in [1.807, 2.05) is 6.07 Å². The Hall–Kier alpha value is -2.39. The van der Waals surface area contributed by atoms with E-state index in [0.29, 0.717) is 0 Å². The molecule has 1 saturated carbocycles. The molecule has 1 N–H and O–H groups in total. The van der Waals surface area contributed by atoms with Crippen molar-refractivity contribution in [2.45, 2.75) is 57.1 Å². The monoisotopic (exact) mass is 360 g/mol. The van der Waals surface area contributed by atoms with Gasteiger partial charge in [0.25, 0.3) is 0 Å². The molecule has 3 nitrogen and oxygen atoms in total. The fourth-order valence-corrected chi connectivity index (χ4v) is 4.12. The molecule has 0 unspecified atom stereocenters. The van der Waals surface area contributed by atoms with Crippen molar-refractivity contribution >= 4 is 0 Å². The van der Waals surface area contributed by atoms with Crippen LogP contribution in [0.2, 0.25) is 0 Å². The summed E-state index contributed by atoms with van der Waals surface area (Å²) in [5, 5.41) is 15.6. The van der Waals surface area contributed by atoms with Crippen molar-refractivity contribution in [1.82, 2.24) is 9.78 Å².